The van der Waals surface area contributed by atoms with Gasteiger partial charge in [0.2, 0.25) is 5.91 Å². The van der Waals surface area contributed by atoms with Crippen molar-refractivity contribution >= 4 is 23.3 Å². The topological polar surface area (TPSA) is 20.3 Å². The number of rotatable bonds is 5. The first kappa shape index (κ1) is 16.0. The maximum Gasteiger partial charge on any atom is 0.246 e. The van der Waals surface area contributed by atoms with Crippen molar-refractivity contribution in [2.75, 3.05) is 6.54 Å². The number of carbonyl (C=O) groups is 1. The van der Waals surface area contributed by atoms with Gasteiger partial charge in [-0.25, -0.2) is 0 Å². The maximum atomic E-state index is 12.5. The Labute approximate surface area is 142 Å². The summed E-state index contributed by atoms with van der Waals surface area (Å²) >= 11 is 1.72. The summed E-state index contributed by atoms with van der Waals surface area (Å²) < 4.78 is 0. The molecule has 0 bridgehead atoms. The van der Waals surface area contributed by atoms with E-state index in [0.717, 1.165) is 37.1 Å². The van der Waals surface area contributed by atoms with Crippen LogP contribution in [0.2, 0.25) is 0 Å². The van der Waals surface area contributed by atoms with E-state index in [-0.39, 0.29) is 5.91 Å². The molecule has 2 aromatic rings. The molecule has 0 spiro atoms. The molecule has 1 atom stereocenters. The third-order valence-corrected chi connectivity index (χ3v) is 5.39. The molecule has 1 aliphatic heterocycles. The van der Waals surface area contributed by atoms with Crippen molar-refractivity contribution in [3.05, 3.63) is 63.9 Å². The molecular weight excluding hydrogens is 302 g/mol. The van der Waals surface area contributed by atoms with Crippen molar-refractivity contribution in [3.63, 3.8) is 0 Å². The number of amides is 1. The zero-order valence-electron chi connectivity index (χ0n) is 13.6. The second-order valence-corrected chi connectivity index (χ2v) is 7.45. The summed E-state index contributed by atoms with van der Waals surface area (Å²) in [7, 11) is 0. The number of nitrogens with zero attached hydrogens (tertiary/aromatic N) is 1. The summed E-state index contributed by atoms with van der Waals surface area (Å²) in [5, 5.41) is 0. The van der Waals surface area contributed by atoms with Crippen LogP contribution in [0.4, 0.5) is 0 Å². The monoisotopic (exact) mass is 325 g/mol. The molecule has 23 heavy (non-hydrogen) atoms. The average Bonchev–Trinajstić information content (AvgIpc) is 3.20. The van der Waals surface area contributed by atoms with Gasteiger partial charge in [0.05, 0.1) is 0 Å². The summed E-state index contributed by atoms with van der Waals surface area (Å²) in [6.07, 6.45) is 8.05. The lowest BCUT2D eigenvalue weighted by molar-refractivity contribution is -0.126. The minimum absolute atomic E-state index is 0.159. The number of hydrogen-bond donors (Lipinski definition) is 0. The highest BCUT2D eigenvalue weighted by atomic mass is 32.1. The second-order valence-electron chi connectivity index (χ2n) is 6.13. The molecular formula is C20H23NOS. The first-order valence-corrected chi connectivity index (χ1v) is 9.13. The summed E-state index contributed by atoms with van der Waals surface area (Å²) in [6.45, 7) is 2.98. The van der Waals surface area contributed by atoms with Crippen molar-refractivity contribution in [2.24, 2.45) is 0 Å². The fraction of sp³-hybridized carbons (Fsp3) is 0.350. The minimum atomic E-state index is 0.159. The Morgan fingerprint density at radius 1 is 1.26 bits per heavy atom. The standard InChI is InChI=1S/C20H23NOS/c1-16-9-12-19(23-16)13-14-20(22)21-15-5-8-18(21)11-10-17-6-3-2-4-7-17/h2-4,6-7,9,12-14,18H,5,8,10-11,15H2,1H3/b14-13+/t18-/m1/s1. The Balaban J connectivity index is 1.57. The Hall–Kier alpha value is -1.87. The molecule has 0 unspecified atom stereocenters. The van der Waals surface area contributed by atoms with Crippen LogP contribution in [-0.2, 0) is 11.2 Å². The van der Waals surface area contributed by atoms with Gasteiger partial charge in [-0.1, -0.05) is 30.3 Å². The Morgan fingerprint density at radius 2 is 2.09 bits per heavy atom. The van der Waals surface area contributed by atoms with Gasteiger partial charge in [-0.3, -0.25) is 4.79 Å². The number of hydrogen-bond acceptors (Lipinski definition) is 2. The lowest BCUT2D eigenvalue weighted by Gasteiger charge is -2.23. The van der Waals surface area contributed by atoms with E-state index in [4.69, 9.17) is 0 Å². The molecule has 2 heterocycles. The lowest BCUT2D eigenvalue weighted by Crippen LogP contribution is -2.34. The van der Waals surface area contributed by atoms with E-state index in [1.807, 2.05) is 12.1 Å². The van der Waals surface area contributed by atoms with Crippen LogP contribution in [0.1, 0.15) is 34.6 Å². The number of thiophene rings is 1. The number of carbonyl (C=O) groups excluding carboxylic acids is 1. The molecule has 0 N–H and O–H groups in total. The Kier molecular flexibility index (Phi) is 5.29. The van der Waals surface area contributed by atoms with Crippen LogP contribution in [-0.4, -0.2) is 23.4 Å². The minimum Gasteiger partial charge on any atom is -0.336 e. The molecule has 1 aliphatic rings. The van der Waals surface area contributed by atoms with Crippen molar-refractivity contribution in [1.29, 1.82) is 0 Å². The van der Waals surface area contributed by atoms with Gasteiger partial charge in [-0.15, -0.1) is 11.3 Å². The molecule has 3 rings (SSSR count). The first-order valence-electron chi connectivity index (χ1n) is 8.31. The second kappa shape index (κ2) is 7.60. The third kappa shape index (κ3) is 4.32. The van der Waals surface area contributed by atoms with E-state index in [0.29, 0.717) is 6.04 Å². The molecule has 1 amide bonds. The Bertz CT molecular complexity index is 674. The molecule has 3 heteroatoms. The Morgan fingerprint density at radius 3 is 2.83 bits per heavy atom. The van der Waals surface area contributed by atoms with Crippen LogP contribution in [0.15, 0.2) is 48.5 Å². The van der Waals surface area contributed by atoms with Crippen LogP contribution < -0.4 is 0 Å². The normalized spacial score (nSPS) is 18.0. The highest BCUT2D eigenvalue weighted by molar-refractivity contribution is 7.12. The quantitative estimate of drug-likeness (QED) is 0.730. The van der Waals surface area contributed by atoms with Gasteiger partial charge in [-0.2, -0.15) is 0 Å². The van der Waals surface area contributed by atoms with Gasteiger partial charge < -0.3 is 4.90 Å². The van der Waals surface area contributed by atoms with Crippen LogP contribution in [0.25, 0.3) is 6.08 Å². The predicted octanol–water partition coefficient (Wildman–Crippen LogP) is 4.69. The van der Waals surface area contributed by atoms with E-state index >= 15 is 0 Å². The van der Waals surface area contributed by atoms with Crippen LogP contribution in [0, 0.1) is 6.92 Å². The lowest BCUT2D eigenvalue weighted by atomic mass is 10.0. The van der Waals surface area contributed by atoms with Gasteiger partial charge in [0.15, 0.2) is 0 Å². The maximum absolute atomic E-state index is 12.5. The molecule has 2 nitrogen and oxygen atoms in total. The molecule has 1 fully saturated rings. The van der Waals surface area contributed by atoms with Gasteiger partial charge in [-0.05, 0) is 56.4 Å². The van der Waals surface area contributed by atoms with Crippen LogP contribution >= 0.6 is 11.3 Å². The van der Waals surface area contributed by atoms with Crippen LogP contribution in [0.5, 0.6) is 0 Å². The predicted molar refractivity (Wildman–Crippen MR) is 97.6 cm³/mol. The molecule has 120 valence electrons. The molecule has 0 aliphatic carbocycles. The molecule has 1 aromatic carbocycles. The van der Waals surface area contributed by atoms with Gasteiger partial charge >= 0.3 is 0 Å². The van der Waals surface area contributed by atoms with E-state index in [1.165, 1.54) is 10.4 Å². The third-order valence-electron chi connectivity index (χ3n) is 4.42. The van der Waals surface area contributed by atoms with E-state index in [2.05, 4.69) is 48.2 Å². The van der Waals surface area contributed by atoms with Crippen molar-refractivity contribution in [1.82, 2.24) is 4.90 Å². The first-order chi connectivity index (χ1) is 11.2. The average molecular weight is 325 g/mol. The molecule has 1 aromatic heterocycles. The summed E-state index contributed by atoms with van der Waals surface area (Å²) in [5.41, 5.74) is 1.36. The number of benzene rings is 1. The zero-order chi connectivity index (χ0) is 16.1. The highest BCUT2D eigenvalue weighted by Crippen LogP contribution is 2.23. The fourth-order valence-corrected chi connectivity index (χ4v) is 3.98. The van der Waals surface area contributed by atoms with Crippen molar-refractivity contribution in [2.45, 2.75) is 38.6 Å². The molecule has 0 saturated carbocycles. The molecule has 1 saturated heterocycles. The van der Waals surface area contributed by atoms with Gasteiger partial charge in [0.25, 0.3) is 0 Å². The van der Waals surface area contributed by atoms with Crippen molar-refractivity contribution in [3.8, 4) is 0 Å². The van der Waals surface area contributed by atoms with Crippen molar-refractivity contribution < 1.29 is 4.79 Å². The number of aryl methyl sites for hydroxylation is 2. The summed E-state index contributed by atoms with van der Waals surface area (Å²) in [5.74, 6) is 0.159. The van der Waals surface area contributed by atoms with Crippen LogP contribution in [0.3, 0.4) is 0 Å². The number of likely N-dealkylation sites (tertiary alicyclic amines) is 1. The SMILES string of the molecule is Cc1ccc(/C=C/C(=O)N2CCC[C@@H]2CCc2ccccc2)s1. The fourth-order valence-electron chi connectivity index (χ4n) is 3.20. The van der Waals surface area contributed by atoms with Gasteiger partial charge in [0, 0.05) is 28.4 Å². The van der Waals surface area contributed by atoms with E-state index < -0.39 is 0 Å². The van der Waals surface area contributed by atoms with E-state index in [9.17, 15) is 4.79 Å². The largest absolute Gasteiger partial charge is 0.336 e. The summed E-state index contributed by atoms with van der Waals surface area (Å²) in [4.78, 5) is 17.0. The highest BCUT2D eigenvalue weighted by Gasteiger charge is 2.26. The van der Waals surface area contributed by atoms with E-state index in [1.54, 1.807) is 17.4 Å². The van der Waals surface area contributed by atoms with Gasteiger partial charge in [0.1, 0.15) is 0 Å². The molecule has 0 radical (unpaired) electrons. The smallest absolute Gasteiger partial charge is 0.246 e. The zero-order valence-corrected chi connectivity index (χ0v) is 14.4. The summed E-state index contributed by atoms with van der Waals surface area (Å²) in [6, 6.07) is 15.1.